The minimum Gasteiger partial charge on any atom is -0.377 e. The Kier molecular flexibility index (Phi) is 5.33. The number of anilines is 1. The Morgan fingerprint density at radius 2 is 2.38 bits per heavy atom. The maximum atomic E-state index is 13.5. The molecule has 1 aromatic rings. The molecule has 1 heterocycles. The van der Waals surface area contributed by atoms with Crippen LogP contribution in [0.5, 0.6) is 0 Å². The molecule has 0 aromatic heterocycles. The summed E-state index contributed by atoms with van der Waals surface area (Å²) in [5.74, 6) is -0.690. The third kappa shape index (κ3) is 4.03. The Balaban J connectivity index is 2.05. The Hall–Kier alpha value is -1.44. The van der Waals surface area contributed by atoms with Gasteiger partial charge in [0.05, 0.1) is 22.7 Å². The van der Waals surface area contributed by atoms with Gasteiger partial charge in [-0.1, -0.05) is 18.5 Å². The van der Waals surface area contributed by atoms with Gasteiger partial charge in [-0.15, -0.1) is 0 Å². The van der Waals surface area contributed by atoms with Gasteiger partial charge in [0.25, 0.3) is 5.69 Å². The number of ether oxygens (including phenoxy) is 1. The van der Waals surface area contributed by atoms with E-state index >= 15 is 0 Å². The lowest BCUT2D eigenvalue weighted by molar-refractivity contribution is -0.384. The molecule has 8 heteroatoms. The van der Waals surface area contributed by atoms with Gasteiger partial charge in [0.2, 0.25) is 0 Å². The normalized spacial score (nSPS) is 19.5. The Morgan fingerprint density at radius 1 is 1.62 bits per heavy atom. The predicted molar refractivity (Wildman–Crippen MR) is 78.4 cm³/mol. The number of nitro groups is 1. The molecule has 1 aromatic carbocycles. The van der Waals surface area contributed by atoms with Gasteiger partial charge >= 0.3 is 0 Å². The number of morpholine rings is 1. The van der Waals surface area contributed by atoms with Gasteiger partial charge in [-0.05, 0) is 6.54 Å². The summed E-state index contributed by atoms with van der Waals surface area (Å²) in [4.78, 5) is 12.6. The van der Waals surface area contributed by atoms with Crippen LogP contribution in [-0.2, 0) is 4.74 Å². The average molecular weight is 318 g/mol. The molecule has 0 radical (unpaired) electrons. The van der Waals surface area contributed by atoms with Crippen LogP contribution in [0.25, 0.3) is 0 Å². The molecule has 0 aliphatic carbocycles. The molecule has 1 aliphatic heterocycles. The highest BCUT2D eigenvalue weighted by Crippen LogP contribution is 2.30. The first kappa shape index (κ1) is 15.9. The first-order valence-corrected chi connectivity index (χ1v) is 7.10. The van der Waals surface area contributed by atoms with E-state index in [2.05, 4.69) is 17.1 Å². The highest BCUT2D eigenvalue weighted by atomic mass is 35.5. The Labute approximate surface area is 127 Å². The third-order valence-corrected chi connectivity index (χ3v) is 3.72. The van der Waals surface area contributed by atoms with E-state index in [1.807, 2.05) is 0 Å². The van der Waals surface area contributed by atoms with E-state index < -0.39 is 10.7 Å². The number of nitro benzene ring substituents is 1. The van der Waals surface area contributed by atoms with Crippen molar-refractivity contribution in [2.45, 2.75) is 13.0 Å². The fourth-order valence-corrected chi connectivity index (χ4v) is 2.40. The minimum absolute atomic E-state index is 0.0861. The SMILES string of the molecule is CCN1CCOC(CNc2cc(F)c(Cl)cc2[N+](=O)[O-])C1. The number of halogens is 2. The zero-order valence-electron chi connectivity index (χ0n) is 11.6. The van der Waals surface area contributed by atoms with Crippen LogP contribution in [0.2, 0.25) is 5.02 Å². The molecular weight excluding hydrogens is 301 g/mol. The van der Waals surface area contributed by atoms with E-state index in [1.165, 1.54) is 0 Å². The first-order chi connectivity index (χ1) is 10.0. The van der Waals surface area contributed by atoms with Crippen LogP contribution in [0.1, 0.15) is 6.92 Å². The standard InChI is InChI=1S/C13H17ClFN3O3/c1-2-17-3-4-21-9(8-17)7-16-12-6-11(15)10(14)5-13(12)18(19)20/h5-6,9,16H,2-4,7-8H2,1H3. The topological polar surface area (TPSA) is 67.6 Å². The lowest BCUT2D eigenvalue weighted by Crippen LogP contribution is -2.45. The minimum atomic E-state index is -0.690. The number of benzene rings is 1. The zero-order chi connectivity index (χ0) is 15.4. The predicted octanol–water partition coefficient (Wildman–Crippen LogP) is 2.52. The van der Waals surface area contributed by atoms with Crippen LogP contribution >= 0.6 is 11.6 Å². The maximum absolute atomic E-state index is 13.5. The Bertz CT molecular complexity index is 530. The number of nitrogens with zero attached hydrogens (tertiary/aromatic N) is 2. The van der Waals surface area contributed by atoms with Crippen molar-refractivity contribution < 1.29 is 14.1 Å². The lowest BCUT2D eigenvalue weighted by Gasteiger charge is -2.32. The maximum Gasteiger partial charge on any atom is 0.294 e. The number of likely N-dealkylation sites (N-methyl/N-ethyl adjacent to an activating group) is 1. The van der Waals surface area contributed by atoms with Gasteiger partial charge in [0.15, 0.2) is 0 Å². The summed E-state index contributed by atoms with van der Waals surface area (Å²) in [6.45, 7) is 5.61. The van der Waals surface area contributed by atoms with E-state index in [1.54, 1.807) is 0 Å². The van der Waals surface area contributed by atoms with Crippen LogP contribution in [0.3, 0.4) is 0 Å². The molecule has 1 atom stereocenters. The summed E-state index contributed by atoms with van der Waals surface area (Å²) in [5, 5.41) is 13.6. The summed E-state index contributed by atoms with van der Waals surface area (Å²) in [6.07, 6.45) is -0.0861. The van der Waals surface area contributed by atoms with Crippen LogP contribution in [0.15, 0.2) is 12.1 Å². The van der Waals surface area contributed by atoms with Crippen molar-refractivity contribution in [1.82, 2.24) is 4.90 Å². The van der Waals surface area contributed by atoms with Crippen molar-refractivity contribution in [1.29, 1.82) is 0 Å². The molecular formula is C13H17ClFN3O3. The van der Waals surface area contributed by atoms with E-state index in [-0.39, 0.29) is 22.5 Å². The molecule has 1 saturated heterocycles. The third-order valence-electron chi connectivity index (χ3n) is 3.43. The smallest absolute Gasteiger partial charge is 0.294 e. The molecule has 2 rings (SSSR count). The molecule has 0 amide bonds. The summed E-state index contributed by atoms with van der Waals surface area (Å²) in [6, 6.07) is 2.06. The number of hydrogen-bond donors (Lipinski definition) is 1. The van der Waals surface area contributed by atoms with E-state index in [9.17, 15) is 14.5 Å². The average Bonchev–Trinajstić information content (AvgIpc) is 2.48. The molecule has 0 saturated carbocycles. The lowest BCUT2D eigenvalue weighted by atomic mass is 10.2. The van der Waals surface area contributed by atoms with Gasteiger partial charge in [-0.3, -0.25) is 15.0 Å². The van der Waals surface area contributed by atoms with E-state index in [4.69, 9.17) is 16.3 Å². The monoisotopic (exact) mass is 317 g/mol. The van der Waals surface area contributed by atoms with Crippen molar-refractivity contribution in [3.63, 3.8) is 0 Å². The summed E-state index contributed by atoms with van der Waals surface area (Å²) in [7, 11) is 0. The molecule has 6 nitrogen and oxygen atoms in total. The van der Waals surface area contributed by atoms with Crippen LogP contribution in [0, 0.1) is 15.9 Å². The van der Waals surface area contributed by atoms with Crippen LogP contribution < -0.4 is 5.32 Å². The summed E-state index contributed by atoms with van der Waals surface area (Å²) in [5.41, 5.74) is -0.135. The molecule has 0 bridgehead atoms. The van der Waals surface area contributed by atoms with Crippen molar-refractivity contribution in [2.75, 3.05) is 38.1 Å². The van der Waals surface area contributed by atoms with Crippen molar-refractivity contribution in [3.05, 3.63) is 33.1 Å². The van der Waals surface area contributed by atoms with Crippen molar-refractivity contribution in [2.24, 2.45) is 0 Å². The summed E-state index contributed by atoms with van der Waals surface area (Å²) >= 11 is 5.58. The molecule has 1 aliphatic rings. The van der Waals surface area contributed by atoms with Crippen molar-refractivity contribution in [3.8, 4) is 0 Å². The summed E-state index contributed by atoms with van der Waals surface area (Å²) < 4.78 is 19.1. The number of rotatable bonds is 5. The molecule has 1 N–H and O–H groups in total. The first-order valence-electron chi connectivity index (χ1n) is 6.72. The van der Waals surface area contributed by atoms with E-state index in [0.29, 0.717) is 13.2 Å². The molecule has 1 fully saturated rings. The fraction of sp³-hybridized carbons (Fsp3) is 0.538. The van der Waals surface area contributed by atoms with Gasteiger partial charge < -0.3 is 10.1 Å². The van der Waals surface area contributed by atoms with Gasteiger partial charge in [-0.25, -0.2) is 4.39 Å². The van der Waals surface area contributed by atoms with Crippen molar-refractivity contribution >= 4 is 23.0 Å². The molecule has 116 valence electrons. The van der Waals surface area contributed by atoms with Crippen LogP contribution in [0.4, 0.5) is 15.8 Å². The molecule has 21 heavy (non-hydrogen) atoms. The highest BCUT2D eigenvalue weighted by Gasteiger charge is 2.22. The van der Waals surface area contributed by atoms with Gasteiger partial charge in [-0.2, -0.15) is 0 Å². The van der Waals surface area contributed by atoms with E-state index in [0.717, 1.165) is 31.8 Å². The molecule has 1 unspecified atom stereocenters. The highest BCUT2D eigenvalue weighted by molar-refractivity contribution is 6.31. The van der Waals surface area contributed by atoms with Gasteiger partial charge in [0, 0.05) is 31.8 Å². The largest absolute Gasteiger partial charge is 0.377 e. The quantitative estimate of drug-likeness (QED) is 0.667. The second kappa shape index (κ2) is 7.02. The zero-order valence-corrected chi connectivity index (χ0v) is 12.4. The van der Waals surface area contributed by atoms with Crippen LogP contribution in [-0.4, -0.2) is 48.7 Å². The Morgan fingerprint density at radius 3 is 3.05 bits per heavy atom. The second-order valence-electron chi connectivity index (χ2n) is 4.81. The fourth-order valence-electron chi connectivity index (χ4n) is 2.24. The molecule has 0 spiro atoms. The number of nitrogens with one attached hydrogen (secondary N) is 1. The second-order valence-corrected chi connectivity index (χ2v) is 5.21. The number of hydrogen-bond acceptors (Lipinski definition) is 5. The van der Waals surface area contributed by atoms with Gasteiger partial charge in [0.1, 0.15) is 11.5 Å².